The van der Waals surface area contributed by atoms with Crippen molar-refractivity contribution in [1.29, 1.82) is 0 Å². The van der Waals surface area contributed by atoms with Crippen LogP contribution in [0.1, 0.15) is 41.2 Å². The highest BCUT2D eigenvalue weighted by Gasteiger charge is 2.35. The molecule has 0 radical (unpaired) electrons. The Morgan fingerprint density at radius 3 is 2.60 bits per heavy atom. The lowest BCUT2D eigenvalue weighted by atomic mass is 9.89. The second-order valence-corrected chi connectivity index (χ2v) is 7.40. The van der Waals surface area contributed by atoms with Crippen LogP contribution in [0.15, 0.2) is 47.6 Å². The van der Waals surface area contributed by atoms with E-state index in [2.05, 4.69) is 21.1 Å². The molecular formula is C19H17BrF3NO. The zero-order chi connectivity index (χ0) is 18.2. The quantitative estimate of drug-likeness (QED) is 0.611. The lowest BCUT2D eigenvalue weighted by molar-refractivity contribution is -0.137. The van der Waals surface area contributed by atoms with Crippen molar-refractivity contribution in [1.82, 2.24) is 0 Å². The Balaban J connectivity index is 1.90. The number of aryl methyl sites for hydroxylation is 1. The first-order chi connectivity index (χ1) is 11.7. The van der Waals surface area contributed by atoms with Crippen molar-refractivity contribution < 1.29 is 18.0 Å². The topological polar surface area (TPSA) is 21.6 Å². The SMILES string of the molecule is Cc1ccc(C2(C)CC(Br)=NO2)cc1Cc1cccc(C(F)(F)F)c1. The smallest absolute Gasteiger partial charge is 0.383 e. The molecular weight excluding hydrogens is 395 g/mol. The number of rotatable bonds is 3. The predicted octanol–water partition coefficient (Wildman–Crippen LogP) is 5.95. The molecule has 132 valence electrons. The van der Waals surface area contributed by atoms with Gasteiger partial charge in [-0.25, -0.2) is 0 Å². The van der Waals surface area contributed by atoms with E-state index in [-0.39, 0.29) is 0 Å². The summed E-state index contributed by atoms with van der Waals surface area (Å²) in [6.45, 7) is 3.90. The Morgan fingerprint density at radius 1 is 1.20 bits per heavy atom. The number of alkyl halides is 3. The largest absolute Gasteiger partial charge is 0.416 e. The first-order valence-corrected chi connectivity index (χ1v) is 8.63. The molecule has 0 saturated heterocycles. The Morgan fingerprint density at radius 2 is 1.96 bits per heavy atom. The first kappa shape index (κ1) is 18.0. The van der Waals surface area contributed by atoms with Gasteiger partial charge in [0.1, 0.15) is 4.62 Å². The van der Waals surface area contributed by atoms with Crippen molar-refractivity contribution in [2.45, 2.75) is 38.5 Å². The molecule has 1 heterocycles. The molecule has 6 heteroatoms. The Hall–Kier alpha value is -1.82. The van der Waals surface area contributed by atoms with Gasteiger partial charge in [0.25, 0.3) is 0 Å². The van der Waals surface area contributed by atoms with E-state index in [1.807, 2.05) is 32.0 Å². The van der Waals surface area contributed by atoms with Crippen LogP contribution < -0.4 is 0 Å². The second kappa shape index (κ2) is 6.48. The Labute approximate surface area is 152 Å². The van der Waals surface area contributed by atoms with E-state index in [0.29, 0.717) is 18.4 Å². The lowest BCUT2D eigenvalue weighted by Crippen LogP contribution is -2.21. The van der Waals surface area contributed by atoms with E-state index in [0.717, 1.165) is 27.4 Å². The predicted molar refractivity (Wildman–Crippen MR) is 94.8 cm³/mol. The minimum atomic E-state index is -4.33. The van der Waals surface area contributed by atoms with Crippen LogP contribution in [0, 0.1) is 6.92 Å². The third kappa shape index (κ3) is 3.89. The fourth-order valence-corrected chi connectivity index (χ4v) is 3.52. The molecule has 0 N–H and O–H groups in total. The molecule has 3 rings (SSSR count). The maximum absolute atomic E-state index is 12.9. The van der Waals surface area contributed by atoms with Gasteiger partial charge in [0.2, 0.25) is 0 Å². The molecule has 25 heavy (non-hydrogen) atoms. The fraction of sp³-hybridized carbons (Fsp3) is 0.316. The lowest BCUT2D eigenvalue weighted by Gasteiger charge is -2.23. The van der Waals surface area contributed by atoms with Crippen molar-refractivity contribution >= 4 is 20.6 Å². The summed E-state index contributed by atoms with van der Waals surface area (Å²) in [4.78, 5) is 5.54. The molecule has 0 fully saturated rings. The van der Waals surface area contributed by atoms with Crippen molar-refractivity contribution in [3.63, 3.8) is 0 Å². The standard InChI is InChI=1S/C19H17BrF3NO/c1-12-6-7-15(18(2)11-17(20)24-25-18)10-14(12)8-13-4-3-5-16(9-13)19(21,22)23/h3-7,9-10H,8,11H2,1-2H3. The van der Waals surface area contributed by atoms with Gasteiger partial charge in [-0.1, -0.05) is 41.6 Å². The number of hydrogen-bond acceptors (Lipinski definition) is 2. The van der Waals surface area contributed by atoms with Crippen LogP contribution in [0.2, 0.25) is 0 Å². The molecule has 0 aliphatic carbocycles. The molecule has 2 aromatic rings. The fourth-order valence-electron chi connectivity index (χ4n) is 2.92. The molecule has 0 bridgehead atoms. The summed E-state index contributed by atoms with van der Waals surface area (Å²) >= 11 is 3.34. The number of halogens is 4. The van der Waals surface area contributed by atoms with Crippen molar-refractivity contribution in [2.24, 2.45) is 5.16 Å². The van der Waals surface area contributed by atoms with E-state index >= 15 is 0 Å². The van der Waals surface area contributed by atoms with Gasteiger partial charge in [-0.05, 0) is 64.5 Å². The van der Waals surface area contributed by atoms with E-state index in [9.17, 15) is 13.2 Å². The molecule has 0 saturated carbocycles. The zero-order valence-electron chi connectivity index (χ0n) is 13.8. The maximum atomic E-state index is 12.9. The van der Waals surface area contributed by atoms with Gasteiger partial charge in [-0.2, -0.15) is 13.2 Å². The van der Waals surface area contributed by atoms with Crippen molar-refractivity contribution in [3.05, 3.63) is 70.3 Å². The molecule has 1 aliphatic rings. The van der Waals surface area contributed by atoms with Crippen LogP contribution in [0.25, 0.3) is 0 Å². The maximum Gasteiger partial charge on any atom is 0.416 e. The molecule has 2 aromatic carbocycles. The van der Waals surface area contributed by atoms with Crippen molar-refractivity contribution in [2.75, 3.05) is 0 Å². The average molecular weight is 412 g/mol. The third-order valence-electron chi connectivity index (χ3n) is 4.44. The summed E-state index contributed by atoms with van der Waals surface area (Å²) in [5.41, 5.74) is 2.41. The van der Waals surface area contributed by atoms with Crippen LogP contribution in [-0.4, -0.2) is 4.62 Å². The summed E-state index contributed by atoms with van der Waals surface area (Å²) in [5.74, 6) is 0. The van der Waals surface area contributed by atoms with E-state index < -0.39 is 17.3 Å². The highest BCUT2D eigenvalue weighted by molar-refractivity contribution is 9.18. The minimum absolute atomic E-state index is 0.432. The average Bonchev–Trinajstić information content (AvgIpc) is 2.89. The van der Waals surface area contributed by atoms with Crippen LogP contribution in [-0.2, 0) is 23.0 Å². The summed E-state index contributed by atoms with van der Waals surface area (Å²) in [6, 6.07) is 11.4. The summed E-state index contributed by atoms with van der Waals surface area (Å²) in [7, 11) is 0. The van der Waals surface area contributed by atoms with Gasteiger partial charge in [-0.15, -0.1) is 0 Å². The second-order valence-electron chi connectivity index (χ2n) is 6.48. The van der Waals surface area contributed by atoms with Gasteiger partial charge >= 0.3 is 6.18 Å². The summed E-state index contributed by atoms with van der Waals surface area (Å²) in [5, 5.41) is 3.95. The Bertz CT molecular complexity index is 832. The normalized spacial score (nSPS) is 20.3. The van der Waals surface area contributed by atoms with Gasteiger partial charge < -0.3 is 4.84 Å². The highest BCUT2D eigenvalue weighted by atomic mass is 79.9. The van der Waals surface area contributed by atoms with Gasteiger partial charge in [0.15, 0.2) is 5.60 Å². The molecule has 1 atom stereocenters. The summed E-state index contributed by atoms with van der Waals surface area (Å²) < 4.78 is 39.5. The number of nitrogens with zero attached hydrogens (tertiary/aromatic N) is 1. The highest BCUT2D eigenvalue weighted by Crippen LogP contribution is 2.37. The first-order valence-electron chi connectivity index (χ1n) is 7.84. The molecule has 1 aliphatic heterocycles. The number of benzene rings is 2. The molecule has 0 spiro atoms. The van der Waals surface area contributed by atoms with Crippen LogP contribution >= 0.6 is 15.9 Å². The van der Waals surface area contributed by atoms with Crippen molar-refractivity contribution in [3.8, 4) is 0 Å². The van der Waals surface area contributed by atoms with Crippen LogP contribution in [0.3, 0.4) is 0 Å². The Kier molecular flexibility index (Phi) is 4.66. The van der Waals surface area contributed by atoms with Crippen LogP contribution in [0.5, 0.6) is 0 Å². The third-order valence-corrected chi connectivity index (χ3v) is 4.86. The minimum Gasteiger partial charge on any atom is -0.383 e. The van der Waals surface area contributed by atoms with Crippen LogP contribution in [0.4, 0.5) is 13.2 Å². The van der Waals surface area contributed by atoms with E-state index in [4.69, 9.17) is 4.84 Å². The number of oxime groups is 1. The van der Waals surface area contributed by atoms with Gasteiger partial charge in [0.05, 0.1) is 5.56 Å². The van der Waals surface area contributed by atoms with Gasteiger partial charge in [-0.3, -0.25) is 0 Å². The molecule has 0 aromatic heterocycles. The molecule has 0 amide bonds. The van der Waals surface area contributed by atoms with E-state index in [1.54, 1.807) is 6.07 Å². The zero-order valence-corrected chi connectivity index (χ0v) is 15.4. The monoisotopic (exact) mass is 411 g/mol. The van der Waals surface area contributed by atoms with E-state index in [1.165, 1.54) is 12.1 Å². The molecule has 2 nitrogen and oxygen atoms in total. The number of hydrogen-bond donors (Lipinski definition) is 0. The summed E-state index contributed by atoms with van der Waals surface area (Å²) in [6.07, 6.45) is -3.28. The van der Waals surface area contributed by atoms with Gasteiger partial charge in [0, 0.05) is 6.42 Å². The molecule has 1 unspecified atom stereocenters.